The lowest BCUT2D eigenvalue weighted by Gasteiger charge is -2.24. The Morgan fingerprint density at radius 1 is 1.03 bits per heavy atom. The molecule has 0 saturated heterocycles. The molecular weight excluding hydrogens is 510 g/mol. The van der Waals surface area contributed by atoms with E-state index in [0.717, 1.165) is 16.5 Å². The second-order valence-corrected chi connectivity index (χ2v) is 12.3. The lowest BCUT2D eigenvalue weighted by atomic mass is 9.87. The largest absolute Gasteiger partial charge is 0.372 e. The predicted molar refractivity (Wildman–Crippen MR) is 144 cm³/mol. The van der Waals surface area contributed by atoms with Gasteiger partial charge in [-0.15, -0.1) is 0 Å². The van der Waals surface area contributed by atoms with Gasteiger partial charge in [0.05, 0.1) is 22.6 Å². The van der Waals surface area contributed by atoms with Crippen LogP contribution in [0.15, 0.2) is 83.9 Å². The highest BCUT2D eigenvalue weighted by Crippen LogP contribution is 2.46. The number of rotatable bonds is 5. The number of amides is 1. The number of halogens is 1. The maximum Gasteiger partial charge on any atom is 0.268 e. The Morgan fingerprint density at radius 2 is 1.76 bits per heavy atom. The van der Waals surface area contributed by atoms with E-state index in [4.69, 9.17) is 11.6 Å². The van der Waals surface area contributed by atoms with Gasteiger partial charge in [-0.2, -0.15) is 0 Å². The van der Waals surface area contributed by atoms with Gasteiger partial charge in [0.1, 0.15) is 0 Å². The molecule has 1 aliphatic heterocycles. The van der Waals surface area contributed by atoms with E-state index in [-0.39, 0.29) is 17.0 Å². The lowest BCUT2D eigenvalue weighted by molar-refractivity contribution is -0.132. The first kappa shape index (κ1) is 25.4. The third-order valence-electron chi connectivity index (χ3n) is 6.23. The summed E-state index contributed by atoms with van der Waals surface area (Å²) in [5, 5.41) is 13.2. The summed E-state index contributed by atoms with van der Waals surface area (Å²) in [7, 11) is -3.78. The first-order chi connectivity index (χ1) is 17.4. The van der Waals surface area contributed by atoms with Crippen LogP contribution in [0.5, 0.6) is 0 Å². The van der Waals surface area contributed by atoms with Crippen molar-refractivity contribution in [3.8, 4) is 0 Å². The van der Waals surface area contributed by atoms with Gasteiger partial charge in [-0.25, -0.2) is 13.1 Å². The zero-order valence-corrected chi connectivity index (χ0v) is 22.1. The zero-order chi connectivity index (χ0) is 26.6. The van der Waals surface area contributed by atoms with Crippen molar-refractivity contribution >= 4 is 44.1 Å². The SMILES string of the molecule is CC(C)(C)NS(=O)(=O)c1ccc(C2(O)C(=O)N(Cc3ccc4ncccc4c3)c3cc(Cl)ccc32)cc1. The average Bonchev–Trinajstić information content (AvgIpc) is 3.04. The molecule has 0 spiro atoms. The van der Waals surface area contributed by atoms with Crippen molar-refractivity contribution in [1.82, 2.24) is 9.71 Å². The predicted octanol–water partition coefficient (Wildman–Crippen LogP) is 4.75. The molecule has 0 aliphatic carbocycles. The van der Waals surface area contributed by atoms with Gasteiger partial charge < -0.3 is 10.0 Å². The van der Waals surface area contributed by atoms with E-state index in [1.807, 2.05) is 30.3 Å². The monoisotopic (exact) mass is 535 g/mol. The third-order valence-corrected chi connectivity index (χ3v) is 8.24. The molecule has 5 rings (SSSR count). The third kappa shape index (κ3) is 4.62. The first-order valence-electron chi connectivity index (χ1n) is 11.7. The van der Waals surface area contributed by atoms with Crippen LogP contribution in [0.3, 0.4) is 0 Å². The molecule has 1 amide bonds. The number of nitrogens with one attached hydrogen (secondary N) is 1. The minimum atomic E-state index is -3.78. The Bertz CT molecular complexity index is 1630. The molecule has 37 heavy (non-hydrogen) atoms. The van der Waals surface area contributed by atoms with Crippen LogP contribution in [0.1, 0.15) is 37.5 Å². The lowest BCUT2D eigenvalue weighted by Crippen LogP contribution is -2.41. The van der Waals surface area contributed by atoms with Crippen LogP contribution < -0.4 is 9.62 Å². The molecule has 0 fully saturated rings. The smallest absolute Gasteiger partial charge is 0.268 e. The van der Waals surface area contributed by atoms with Crippen LogP contribution in [0.25, 0.3) is 10.9 Å². The van der Waals surface area contributed by atoms with Crippen molar-refractivity contribution in [1.29, 1.82) is 0 Å². The fourth-order valence-electron chi connectivity index (χ4n) is 4.63. The number of carbonyl (C=O) groups is 1. The molecular formula is C28H26ClN3O4S. The van der Waals surface area contributed by atoms with Gasteiger partial charge in [0, 0.05) is 27.7 Å². The highest BCUT2D eigenvalue weighted by atomic mass is 35.5. The second kappa shape index (κ2) is 8.92. The summed E-state index contributed by atoms with van der Waals surface area (Å²) in [4.78, 5) is 19.7. The van der Waals surface area contributed by atoms with Crippen LogP contribution in [0.2, 0.25) is 5.02 Å². The Labute approximate surface area is 220 Å². The first-order valence-corrected chi connectivity index (χ1v) is 13.6. The van der Waals surface area contributed by atoms with Gasteiger partial charge >= 0.3 is 0 Å². The summed E-state index contributed by atoms with van der Waals surface area (Å²) >= 11 is 6.28. The summed E-state index contributed by atoms with van der Waals surface area (Å²) in [6.07, 6.45) is 1.72. The summed E-state index contributed by atoms with van der Waals surface area (Å²) in [5.41, 5.74) is 0.187. The number of benzene rings is 3. The number of pyridine rings is 1. The molecule has 7 nitrogen and oxygen atoms in total. The van der Waals surface area contributed by atoms with Crippen molar-refractivity contribution in [2.24, 2.45) is 0 Å². The molecule has 3 aromatic carbocycles. The Morgan fingerprint density at radius 3 is 2.46 bits per heavy atom. The second-order valence-electron chi connectivity index (χ2n) is 10.2. The summed E-state index contributed by atoms with van der Waals surface area (Å²) < 4.78 is 28.1. The molecule has 1 unspecified atom stereocenters. The Balaban J connectivity index is 1.53. The highest BCUT2D eigenvalue weighted by Gasteiger charge is 2.51. The van der Waals surface area contributed by atoms with E-state index >= 15 is 0 Å². The summed E-state index contributed by atoms with van der Waals surface area (Å²) in [6, 6.07) is 20.2. The number of nitrogens with zero attached hydrogens (tertiary/aromatic N) is 2. The fourth-order valence-corrected chi connectivity index (χ4v) is 6.22. The molecule has 2 heterocycles. The standard InChI is InChI=1S/C28H26ClN3O4S/c1-27(2,3)31-37(35,36)22-10-7-20(8-11-22)28(34)23-12-9-21(29)16-25(23)32(26(28)33)17-18-6-13-24-19(15-18)5-4-14-30-24/h4-16,31,34H,17H2,1-3H3. The number of aromatic nitrogens is 1. The summed E-state index contributed by atoms with van der Waals surface area (Å²) in [6.45, 7) is 5.46. The zero-order valence-electron chi connectivity index (χ0n) is 20.6. The average molecular weight is 536 g/mol. The number of anilines is 1. The Kier molecular flexibility index (Phi) is 6.11. The number of hydrogen-bond donors (Lipinski definition) is 2. The number of fused-ring (bicyclic) bond motifs is 2. The molecule has 0 saturated carbocycles. The van der Waals surface area contributed by atoms with E-state index in [2.05, 4.69) is 9.71 Å². The van der Waals surface area contributed by atoms with Gasteiger partial charge in [0.25, 0.3) is 5.91 Å². The quantitative estimate of drug-likeness (QED) is 0.384. The molecule has 4 aromatic rings. The van der Waals surface area contributed by atoms with E-state index < -0.39 is 27.1 Å². The number of aliphatic hydroxyl groups is 1. The van der Waals surface area contributed by atoms with Crippen LogP contribution in [-0.4, -0.2) is 30.0 Å². The molecule has 2 N–H and O–H groups in total. The van der Waals surface area contributed by atoms with E-state index in [0.29, 0.717) is 16.3 Å². The number of sulfonamides is 1. The van der Waals surface area contributed by atoms with E-state index in [1.165, 1.54) is 29.2 Å². The minimum Gasteiger partial charge on any atom is -0.372 e. The molecule has 1 atom stereocenters. The van der Waals surface area contributed by atoms with Crippen molar-refractivity contribution in [3.63, 3.8) is 0 Å². The maximum absolute atomic E-state index is 13.8. The van der Waals surface area contributed by atoms with Gasteiger partial charge in [-0.1, -0.05) is 41.9 Å². The van der Waals surface area contributed by atoms with Crippen LogP contribution in [0, 0.1) is 0 Å². The maximum atomic E-state index is 13.8. The molecule has 0 bridgehead atoms. The molecule has 1 aromatic heterocycles. The fraction of sp³-hybridized carbons (Fsp3) is 0.214. The van der Waals surface area contributed by atoms with Gasteiger partial charge in [-0.3, -0.25) is 9.78 Å². The minimum absolute atomic E-state index is 0.0400. The van der Waals surface area contributed by atoms with Gasteiger partial charge in [0.2, 0.25) is 10.0 Å². The molecule has 190 valence electrons. The van der Waals surface area contributed by atoms with Gasteiger partial charge in [-0.05, 0) is 74.4 Å². The van der Waals surface area contributed by atoms with Gasteiger partial charge in [0.15, 0.2) is 5.60 Å². The molecule has 9 heteroatoms. The highest BCUT2D eigenvalue weighted by molar-refractivity contribution is 7.89. The van der Waals surface area contributed by atoms with Crippen molar-refractivity contribution in [2.45, 2.75) is 43.4 Å². The summed E-state index contributed by atoms with van der Waals surface area (Å²) in [5.74, 6) is -0.542. The van der Waals surface area contributed by atoms with Crippen molar-refractivity contribution in [2.75, 3.05) is 4.90 Å². The topological polar surface area (TPSA) is 99.6 Å². The molecule has 0 radical (unpaired) electrons. The van der Waals surface area contributed by atoms with Crippen LogP contribution in [0.4, 0.5) is 5.69 Å². The number of hydrogen-bond acceptors (Lipinski definition) is 5. The molecule has 1 aliphatic rings. The van der Waals surface area contributed by atoms with E-state index in [9.17, 15) is 18.3 Å². The van der Waals surface area contributed by atoms with E-state index in [1.54, 1.807) is 45.2 Å². The van der Waals surface area contributed by atoms with Crippen LogP contribution >= 0.6 is 11.6 Å². The van der Waals surface area contributed by atoms with Crippen molar-refractivity contribution < 1.29 is 18.3 Å². The van der Waals surface area contributed by atoms with Crippen LogP contribution in [-0.2, 0) is 27.0 Å². The number of carbonyl (C=O) groups excluding carboxylic acids is 1. The van der Waals surface area contributed by atoms with Crippen molar-refractivity contribution in [3.05, 3.63) is 101 Å². The normalized spacial score (nSPS) is 17.9. The Hall–Kier alpha value is -3.30.